The minimum Gasteiger partial charge on any atom is -0.282 e. The minimum atomic E-state index is -4.53. The van der Waals surface area contributed by atoms with Gasteiger partial charge in [0.2, 0.25) is 0 Å². The van der Waals surface area contributed by atoms with Crippen molar-refractivity contribution < 1.29 is 17.9 Å². The summed E-state index contributed by atoms with van der Waals surface area (Å²) in [6.45, 7) is 1.70. The van der Waals surface area contributed by atoms with Crippen molar-refractivity contribution in [3.05, 3.63) is 50.6 Å². The van der Waals surface area contributed by atoms with E-state index < -0.39 is 19.9 Å². The number of hydrogen-bond donors (Lipinski definition) is 1. The first-order valence-corrected chi connectivity index (χ1v) is 7.82. The van der Waals surface area contributed by atoms with Gasteiger partial charge in [-0.05, 0) is 35.0 Å². The van der Waals surface area contributed by atoms with Crippen LogP contribution in [0.25, 0.3) is 11.3 Å². The van der Waals surface area contributed by atoms with Crippen LogP contribution < -0.4 is 0 Å². The Bertz CT molecular complexity index is 836. The van der Waals surface area contributed by atoms with E-state index in [-0.39, 0.29) is 16.9 Å². The maximum absolute atomic E-state index is 11.4. The number of rotatable bonds is 3. The molecule has 0 amide bonds. The van der Waals surface area contributed by atoms with Crippen molar-refractivity contribution in [3.63, 3.8) is 0 Å². The van der Waals surface area contributed by atoms with Crippen LogP contribution in [0.4, 0.5) is 5.69 Å². The van der Waals surface area contributed by atoms with Crippen LogP contribution in [0.1, 0.15) is 5.56 Å². The number of aromatic nitrogens is 1. The number of nitrogens with zero attached hydrogens (tertiary/aromatic N) is 2. The minimum absolute atomic E-state index is 0.0169. The molecule has 0 spiro atoms. The molecule has 7 nitrogen and oxygen atoms in total. The number of nitro groups is 1. The van der Waals surface area contributed by atoms with Crippen LogP contribution >= 0.6 is 15.9 Å². The fourth-order valence-electron chi connectivity index (χ4n) is 1.83. The molecule has 0 aliphatic heterocycles. The lowest BCUT2D eigenvalue weighted by Gasteiger charge is -2.08. The molecule has 1 heterocycles. The van der Waals surface area contributed by atoms with E-state index in [4.69, 9.17) is 0 Å². The fraction of sp³-hybridized carbons (Fsp3) is 0.0833. The summed E-state index contributed by atoms with van der Waals surface area (Å²) >= 11 is 3.08. The molecule has 0 saturated heterocycles. The molecule has 0 atom stereocenters. The van der Waals surface area contributed by atoms with E-state index in [1.54, 1.807) is 6.92 Å². The smallest absolute Gasteiger partial charge is 0.282 e. The molecular formula is C12H9BrN2O5S. The molecule has 110 valence electrons. The quantitative estimate of drug-likeness (QED) is 0.503. The molecule has 0 saturated carbocycles. The average Bonchev–Trinajstić information content (AvgIpc) is 2.36. The Kier molecular flexibility index (Phi) is 4.08. The molecule has 0 bridgehead atoms. The van der Waals surface area contributed by atoms with Crippen LogP contribution in [-0.4, -0.2) is 22.9 Å². The van der Waals surface area contributed by atoms with E-state index in [1.807, 2.05) is 0 Å². The van der Waals surface area contributed by atoms with Crippen molar-refractivity contribution in [2.45, 2.75) is 11.8 Å². The third-order valence-corrected chi connectivity index (χ3v) is 4.04. The van der Waals surface area contributed by atoms with E-state index in [9.17, 15) is 23.1 Å². The Morgan fingerprint density at radius 2 is 2.00 bits per heavy atom. The van der Waals surface area contributed by atoms with Gasteiger partial charge in [-0.3, -0.25) is 14.7 Å². The molecule has 0 unspecified atom stereocenters. The summed E-state index contributed by atoms with van der Waals surface area (Å²) in [7, 11) is -4.53. The molecule has 0 aliphatic rings. The van der Waals surface area contributed by atoms with Crippen molar-refractivity contribution in [1.29, 1.82) is 0 Å². The van der Waals surface area contributed by atoms with Crippen molar-refractivity contribution in [3.8, 4) is 11.3 Å². The Labute approximate surface area is 128 Å². The topological polar surface area (TPSA) is 110 Å². The van der Waals surface area contributed by atoms with Gasteiger partial charge in [0.05, 0.1) is 4.92 Å². The van der Waals surface area contributed by atoms with Crippen molar-refractivity contribution in [1.82, 2.24) is 4.98 Å². The Morgan fingerprint density at radius 1 is 1.33 bits per heavy atom. The molecule has 1 N–H and O–H groups in total. The third kappa shape index (κ3) is 3.26. The van der Waals surface area contributed by atoms with Crippen LogP contribution in [0.3, 0.4) is 0 Å². The lowest BCUT2D eigenvalue weighted by molar-refractivity contribution is -0.384. The van der Waals surface area contributed by atoms with Gasteiger partial charge in [0.1, 0.15) is 10.6 Å². The second-order valence-corrected chi connectivity index (χ2v) is 6.56. The van der Waals surface area contributed by atoms with Crippen LogP contribution in [0.2, 0.25) is 0 Å². The van der Waals surface area contributed by atoms with Crippen LogP contribution in [0.5, 0.6) is 0 Å². The summed E-state index contributed by atoms with van der Waals surface area (Å²) in [6.07, 6.45) is 1.32. The number of halogens is 1. The van der Waals surface area contributed by atoms with E-state index in [0.717, 1.165) is 0 Å². The standard InChI is InChI=1S/C12H9BrN2O5S/c1-7-2-3-11(21(18,19)20)9(4-7)12-10(15(16)17)5-8(13)6-14-12/h2-6H,1H3,(H,18,19,20). The molecule has 1 aromatic heterocycles. The highest BCUT2D eigenvalue weighted by atomic mass is 79.9. The summed E-state index contributed by atoms with van der Waals surface area (Å²) in [5.41, 5.74) is 0.174. The molecule has 0 fully saturated rings. The van der Waals surface area contributed by atoms with E-state index in [0.29, 0.717) is 10.0 Å². The monoisotopic (exact) mass is 372 g/mol. The Balaban J connectivity index is 2.85. The van der Waals surface area contributed by atoms with Crippen LogP contribution in [0.15, 0.2) is 39.8 Å². The summed E-state index contributed by atoms with van der Waals surface area (Å²) in [5, 5.41) is 11.1. The summed E-state index contributed by atoms with van der Waals surface area (Å²) in [4.78, 5) is 14.0. The maximum atomic E-state index is 11.4. The SMILES string of the molecule is Cc1ccc(S(=O)(=O)O)c(-c2ncc(Br)cc2[N+](=O)[O-])c1. The van der Waals surface area contributed by atoms with Gasteiger partial charge in [0.25, 0.3) is 15.8 Å². The first-order valence-electron chi connectivity index (χ1n) is 5.58. The van der Waals surface area contributed by atoms with Crippen molar-refractivity contribution >= 4 is 31.7 Å². The van der Waals surface area contributed by atoms with Gasteiger partial charge >= 0.3 is 0 Å². The molecule has 2 rings (SSSR count). The lowest BCUT2D eigenvalue weighted by Crippen LogP contribution is -2.03. The number of pyridine rings is 1. The molecular weight excluding hydrogens is 364 g/mol. The molecule has 0 aliphatic carbocycles. The van der Waals surface area contributed by atoms with Gasteiger partial charge in [-0.15, -0.1) is 0 Å². The zero-order valence-electron chi connectivity index (χ0n) is 10.6. The second kappa shape index (κ2) is 5.51. The highest BCUT2D eigenvalue weighted by Gasteiger charge is 2.24. The molecule has 0 radical (unpaired) electrons. The highest BCUT2D eigenvalue weighted by molar-refractivity contribution is 9.10. The second-order valence-electron chi connectivity index (χ2n) is 4.25. The zero-order valence-corrected chi connectivity index (χ0v) is 13.1. The first kappa shape index (κ1) is 15.5. The normalized spacial score (nSPS) is 11.4. The third-order valence-electron chi connectivity index (χ3n) is 2.70. The van der Waals surface area contributed by atoms with Crippen LogP contribution in [-0.2, 0) is 10.1 Å². The Morgan fingerprint density at radius 3 is 2.57 bits per heavy atom. The highest BCUT2D eigenvalue weighted by Crippen LogP contribution is 2.34. The van der Waals surface area contributed by atoms with Gasteiger partial charge < -0.3 is 0 Å². The maximum Gasteiger partial charge on any atom is 0.296 e. The average molecular weight is 373 g/mol. The lowest BCUT2D eigenvalue weighted by atomic mass is 10.1. The summed E-state index contributed by atoms with van der Waals surface area (Å²) in [5.74, 6) is 0. The fourth-order valence-corrected chi connectivity index (χ4v) is 2.82. The van der Waals surface area contributed by atoms with E-state index in [1.165, 1.54) is 30.5 Å². The molecule has 9 heteroatoms. The van der Waals surface area contributed by atoms with Crippen molar-refractivity contribution in [2.75, 3.05) is 0 Å². The summed E-state index contributed by atoms with van der Waals surface area (Å²) < 4.78 is 32.5. The van der Waals surface area contributed by atoms with Crippen LogP contribution in [0, 0.1) is 17.0 Å². The molecule has 21 heavy (non-hydrogen) atoms. The number of hydrogen-bond acceptors (Lipinski definition) is 5. The van der Waals surface area contributed by atoms with E-state index in [2.05, 4.69) is 20.9 Å². The van der Waals surface area contributed by atoms with Gasteiger partial charge in [-0.25, -0.2) is 4.98 Å². The zero-order chi connectivity index (χ0) is 15.8. The van der Waals surface area contributed by atoms with Gasteiger partial charge in [-0.2, -0.15) is 8.42 Å². The van der Waals surface area contributed by atoms with Gasteiger partial charge in [0, 0.05) is 22.3 Å². The summed E-state index contributed by atoms with van der Waals surface area (Å²) in [6, 6.07) is 5.32. The first-order chi connectivity index (χ1) is 9.70. The predicted octanol–water partition coefficient (Wildman–Crippen LogP) is 2.97. The Hall–Kier alpha value is -1.84. The number of aryl methyl sites for hydroxylation is 1. The van der Waals surface area contributed by atoms with E-state index >= 15 is 0 Å². The molecule has 2 aromatic rings. The largest absolute Gasteiger partial charge is 0.296 e. The molecule has 1 aromatic carbocycles. The van der Waals surface area contributed by atoms with Gasteiger partial charge in [0.15, 0.2) is 0 Å². The predicted molar refractivity (Wildman–Crippen MR) is 78.6 cm³/mol. The van der Waals surface area contributed by atoms with Gasteiger partial charge in [-0.1, -0.05) is 11.6 Å². The number of benzene rings is 1. The van der Waals surface area contributed by atoms with Crippen molar-refractivity contribution in [2.24, 2.45) is 0 Å².